The fourth-order valence-corrected chi connectivity index (χ4v) is 3.19. The summed E-state index contributed by atoms with van der Waals surface area (Å²) in [5.74, 6) is 1.21. The van der Waals surface area contributed by atoms with E-state index < -0.39 is 0 Å². The molecule has 2 atom stereocenters. The zero-order valence-corrected chi connectivity index (χ0v) is 11.6. The summed E-state index contributed by atoms with van der Waals surface area (Å²) in [5.41, 5.74) is 1.32. The van der Waals surface area contributed by atoms with E-state index in [9.17, 15) is 0 Å². The number of rotatable bonds is 4. The van der Waals surface area contributed by atoms with Crippen LogP contribution in [0.1, 0.15) is 12.1 Å². The van der Waals surface area contributed by atoms with E-state index in [2.05, 4.69) is 20.7 Å². The molecule has 106 valence electrons. The number of hydrogen-bond acceptors (Lipinski definition) is 4. The molecule has 0 saturated carbocycles. The Bertz CT molecular complexity index is 401. The van der Waals surface area contributed by atoms with Gasteiger partial charge < -0.3 is 9.47 Å². The smallest absolute Gasteiger partial charge is 0.0524 e. The predicted molar refractivity (Wildman–Crippen MR) is 71.8 cm³/mol. The molecule has 0 radical (unpaired) electrons. The van der Waals surface area contributed by atoms with Crippen LogP contribution in [0.4, 0.5) is 0 Å². The fraction of sp³-hybridized carbons (Fsp3) is 0.786. The Balaban J connectivity index is 1.68. The number of ether oxygens (including phenoxy) is 2. The lowest BCUT2D eigenvalue weighted by atomic mass is 10.1. The number of fused-ring (bicyclic) bond motifs is 1. The minimum atomic E-state index is 0.522. The second-order valence-electron chi connectivity index (χ2n) is 5.75. The highest BCUT2D eigenvalue weighted by molar-refractivity contribution is 5.02. The van der Waals surface area contributed by atoms with E-state index >= 15 is 0 Å². The van der Waals surface area contributed by atoms with Crippen molar-refractivity contribution in [3.63, 3.8) is 0 Å². The van der Waals surface area contributed by atoms with Crippen molar-refractivity contribution in [2.75, 3.05) is 40.0 Å². The Morgan fingerprint density at radius 2 is 2.37 bits per heavy atom. The van der Waals surface area contributed by atoms with E-state index in [4.69, 9.17) is 9.47 Å². The second-order valence-corrected chi connectivity index (χ2v) is 5.75. The number of nitrogens with zero attached hydrogens (tertiary/aromatic N) is 3. The van der Waals surface area contributed by atoms with Crippen molar-refractivity contribution < 1.29 is 9.47 Å². The molecule has 3 rings (SSSR count). The minimum absolute atomic E-state index is 0.522. The molecular weight excluding hydrogens is 242 g/mol. The van der Waals surface area contributed by atoms with Gasteiger partial charge in [-0.3, -0.25) is 9.58 Å². The predicted octanol–water partition coefficient (Wildman–Crippen LogP) is 0.998. The number of aromatic nitrogens is 2. The van der Waals surface area contributed by atoms with Gasteiger partial charge in [0.25, 0.3) is 0 Å². The monoisotopic (exact) mass is 265 g/mol. The van der Waals surface area contributed by atoms with Crippen molar-refractivity contribution in [2.24, 2.45) is 11.8 Å². The van der Waals surface area contributed by atoms with E-state index in [1.807, 2.05) is 6.20 Å². The average Bonchev–Trinajstić information content (AvgIpc) is 3.00. The normalized spacial score (nSPS) is 28.3. The van der Waals surface area contributed by atoms with Crippen LogP contribution < -0.4 is 0 Å². The van der Waals surface area contributed by atoms with Gasteiger partial charge in [-0.05, 0) is 18.4 Å². The molecule has 2 aliphatic heterocycles. The van der Waals surface area contributed by atoms with Crippen LogP contribution in [-0.4, -0.2) is 54.7 Å². The van der Waals surface area contributed by atoms with Crippen molar-refractivity contribution in [2.45, 2.75) is 19.5 Å². The molecule has 5 nitrogen and oxygen atoms in total. The molecule has 0 bridgehead atoms. The molecule has 1 aromatic heterocycles. The van der Waals surface area contributed by atoms with Crippen molar-refractivity contribution >= 4 is 0 Å². The first-order valence-electron chi connectivity index (χ1n) is 7.15. The molecule has 0 amide bonds. The highest BCUT2D eigenvalue weighted by Gasteiger charge is 2.25. The molecule has 5 heteroatoms. The van der Waals surface area contributed by atoms with Gasteiger partial charge in [-0.25, -0.2) is 0 Å². The Hall–Kier alpha value is -0.910. The summed E-state index contributed by atoms with van der Waals surface area (Å²) < 4.78 is 13.0. The van der Waals surface area contributed by atoms with Gasteiger partial charge in [-0.2, -0.15) is 5.10 Å². The van der Waals surface area contributed by atoms with Crippen molar-refractivity contribution in [1.82, 2.24) is 14.7 Å². The summed E-state index contributed by atoms with van der Waals surface area (Å²) in [6.45, 7) is 6.84. The SMILES string of the molecule is COC[C@@H]1CN(C[C@@H]2CCOC2)Cc2ccnn2C1. The molecular formula is C14H23N3O2. The molecule has 1 aromatic rings. The van der Waals surface area contributed by atoms with E-state index in [0.29, 0.717) is 11.8 Å². The number of hydrogen-bond donors (Lipinski definition) is 0. The Morgan fingerprint density at radius 1 is 1.42 bits per heavy atom. The van der Waals surface area contributed by atoms with Crippen LogP contribution in [0.5, 0.6) is 0 Å². The first-order chi connectivity index (χ1) is 9.35. The summed E-state index contributed by atoms with van der Waals surface area (Å²) >= 11 is 0. The topological polar surface area (TPSA) is 39.5 Å². The van der Waals surface area contributed by atoms with Gasteiger partial charge in [0.15, 0.2) is 0 Å². The van der Waals surface area contributed by atoms with Gasteiger partial charge in [0.1, 0.15) is 0 Å². The maximum atomic E-state index is 5.49. The fourth-order valence-electron chi connectivity index (χ4n) is 3.19. The molecule has 0 unspecified atom stereocenters. The molecule has 0 spiro atoms. The van der Waals surface area contributed by atoms with E-state index in [1.54, 1.807) is 7.11 Å². The molecule has 0 aromatic carbocycles. The van der Waals surface area contributed by atoms with Gasteiger partial charge in [-0.1, -0.05) is 0 Å². The average molecular weight is 265 g/mol. The van der Waals surface area contributed by atoms with Gasteiger partial charge in [0.05, 0.1) is 18.9 Å². The summed E-state index contributed by atoms with van der Waals surface area (Å²) in [5, 5.41) is 4.43. The highest BCUT2D eigenvalue weighted by atomic mass is 16.5. The van der Waals surface area contributed by atoms with E-state index in [-0.39, 0.29) is 0 Å². The Morgan fingerprint density at radius 3 is 3.16 bits per heavy atom. The van der Waals surface area contributed by atoms with Crippen LogP contribution in [0.2, 0.25) is 0 Å². The lowest BCUT2D eigenvalue weighted by molar-refractivity contribution is 0.107. The second kappa shape index (κ2) is 6.03. The quantitative estimate of drug-likeness (QED) is 0.814. The maximum absolute atomic E-state index is 5.49. The summed E-state index contributed by atoms with van der Waals surface area (Å²) in [6.07, 6.45) is 3.10. The van der Waals surface area contributed by atoms with Gasteiger partial charge in [-0.15, -0.1) is 0 Å². The van der Waals surface area contributed by atoms with Gasteiger partial charge >= 0.3 is 0 Å². The van der Waals surface area contributed by atoms with E-state index in [1.165, 1.54) is 12.1 Å². The summed E-state index contributed by atoms with van der Waals surface area (Å²) in [6, 6.07) is 2.13. The molecule has 0 aliphatic carbocycles. The third-order valence-corrected chi connectivity index (χ3v) is 4.08. The molecule has 2 aliphatic rings. The minimum Gasteiger partial charge on any atom is -0.384 e. The van der Waals surface area contributed by atoms with Crippen molar-refractivity contribution in [3.8, 4) is 0 Å². The molecule has 3 heterocycles. The summed E-state index contributed by atoms with van der Waals surface area (Å²) in [4.78, 5) is 2.55. The van der Waals surface area contributed by atoms with Crippen LogP contribution in [-0.2, 0) is 22.6 Å². The molecule has 19 heavy (non-hydrogen) atoms. The largest absolute Gasteiger partial charge is 0.384 e. The lowest BCUT2D eigenvalue weighted by Crippen LogP contribution is -2.34. The van der Waals surface area contributed by atoms with Crippen molar-refractivity contribution in [1.29, 1.82) is 0 Å². The standard InChI is InChI=1S/C14H23N3O2/c1-18-10-13-7-16(6-12-3-5-19-11-12)9-14-2-4-15-17(14)8-13/h2,4,12-13H,3,5-11H2,1H3/t12-,13+/m0/s1. The van der Waals surface area contributed by atoms with Gasteiger partial charge in [0.2, 0.25) is 0 Å². The van der Waals surface area contributed by atoms with Crippen LogP contribution in [0.25, 0.3) is 0 Å². The molecule has 0 N–H and O–H groups in total. The van der Waals surface area contributed by atoms with Crippen molar-refractivity contribution in [3.05, 3.63) is 18.0 Å². The number of methoxy groups -OCH3 is 1. The Kier molecular flexibility index (Phi) is 4.15. The molecule has 1 fully saturated rings. The van der Waals surface area contributed by atoms with Crippen LogP contribution in [0.15, 0.2) is 12.3 Å². The van der Waals surface area contributed by atoms with Crippen LogP contribution in [0.3, 0.4) is 0 Å². The highest BCUT2D eigenvalue weighted by Crippen LogP contribution is 2.20. The zero-order chi connectivity index (χ0) is 13.1. The van der Waals surface area contributed by atoms with E-state index in [0.717, 1.165) is 46.0 Å². The third-order valence-electron chi connectivity index (χ3n) is 4.08. The first kappa shape index (κ1) is 13.1. The van der Waals surface area contributed by atoms with Crippen LogP contribution >= 0.6 is 0 Å². The lowest BCUT2D eigenvalue weighted by Gasteiger charge is -2.25. The van der Waals surface area contributed by atoms with Crippen LogP contribution in [0, 0.1) is 11.8 Å². The molecule has 1 saturated heterocycles. The Labute approximate surface area is 114 Å². The maximum Gasteiger partial charge on any atom is 0.0524 e. The summed E-state index contributed by atoms with van der Waals surface area (Å²) in [7, 11) is 1.78. The third kappa shape index (κ3) is 3.16. The first-order valence-corrected chi connectivity index (χ1v) is 7.15. The zero-order valence-electron chi connectivity index (χ0n) is 11.6. The van der Waals surface area contributed by atoms with Gasteiger partial charge in [0, 0.05) is 52.0 Å².